The van der Waals surface area contributed by atoms with Crippen LogP contribution in [0.25, 0.3) is 0 Å². The standard InChI is InChI=1S/C15H16O3/c16-14(9-4-2-1-3-5-9)12-10-6-7-11(8-10)13(12)15(17)18/h1-5,10-13H,6-8H2,(H,17,18)/t10-,11-,12-,13-/m0/s1. The van der Waals surface area contributed by atoms with Gasteiger partial charge in [-0.1, -0.05) is 30.3 Å². The van der Waals surface area contributed by atoms with E-state index < -0.39 is 11.9 Å². The second kappa shape index (κ2) is 4.23. The molecule has 2 saturated carbocycles. The van der Waals surface area contributed by atoms with E-state index in [1.807, 2.05) is 18.2 Å². The number of hydrogen-bond acceptors (Lipinski definition) is 2. The Hall–Kier alpha value is -1.64. The van der Waals surface area contributed by atoms with Gasteiger partial charge in [0.1, 0.15) is 0 Å². The molecule has 2 aliphatic carbocycles. The van der Waals surface area contributed by atoms with Crippen molar-refractivity contribution in [2.24, 2.45) is 23.7 Å². The van der Waals surface area contributed by atoms with Crippen LogP contribution < -0.4 is 0 Å². The molecule has 0 saturated heterocycles. The van der Waals surface area contributed by atoms with Gasteiger partial charge in [-0.05, 0) is 31.1 Å². The molecular weight excluding hydrogens is 228 g/mol. The van der Waals surface area contributed by atoms with E-state index in [4.69, 9.17) is 0 Å². The van der Waals surface area contributed by atoms with Crippen molar-refractivity contribution in [3.05, 3.63) is 35.9 Å². The molecule has 1 aromatic rings. The third kappa shape index (κ3) is 1.65. The zero-order valence-electron chi connectivity index (χ0n) is 10.1. The smallest absolute Gasteiger partial charge is 0.307 e. The second-order valence-corrected chi connectivity index (χ2v) is 5.45. The predicted octanol–water partition coefficient (Wildman–Crippen LogP) is 2.62. The highest BCUT2D eigenvalue weighted by molar-refractivity contribution is 6.00. The monoisotopic (exact) mass is 244 g/mol. The highest BCUT2D eigenvalue weighted by Crippen LogP contribution is 2.53. The van der Waals surface area contributed by atoms with Crippen molar-refractivity contribution >= 4 is 11.8 Å². The molecule has 2 fully saturated rings. The summed E-state index contributed by atoms with van der Waals surface area (Å²) in [6, 6.07) is 9.10. The summed E-state index contributed by atoms with van der Waals surface area (Å²) < 4.78 is 0. The summed E-state index contributed by atoms with van der Waals surface area (Å²) in [5.74, 6) is -1.04. The van der Waals surface area contributed by atoms with Gasteiger partial charge in [-0.2, -0.15) is 0 Å². The van der Waals surface area contributed by atoms with Crippen molar-refractivity contribution in [2.45, 2.75) is 19.3 Å². The Morgan fingerprint density at radius 1 is 1.00 bits per heavy atom. The second-order valence-electron chi connectivity index (χ2n) is 5.45. The van der Waals surface area contributed by atoms with Crippen molar-refractivity contribution in [3.63, 3.8) is 0 Å². The third-order valence-electron chi connectivity index (χ3n) is 4.56. The first-order chi connectivity index (χ1) is 8.68. The molecule has 0 unspecified atom stereocenters. The molecule has 0 spiro atoms. The minimum Gasteiger partial charge on any atom is -0.481 e. The molecule has 0 radical (unpaired) electrons. The van der Waals surface area contributed by atoms with E-state index >= 15 is 0 Å². The minimum atomic E-state index is -0.795. The van der Waals surface area contributed by atoms with Gasteiger partial charge < -0.3 is 5.11 Å². The minimum absolute atomic E-state index is 0.0233. The van der Waals surface area contributed by atoms with E-state index in [9.17, 15) is 14.7 Å². The Kier molecular flexibility index (Phi) is 2.69. The number of rotatable bonds is 3. The van der Waals surface area contributed by atoms with Gasteiger partial charge in [-0.3, -0.25) is 9.59 Å². The number of Topliss-reactive ketones (excluding diaryl/α,β-unsaturated/α-hetero) is 1. The van der Waals surface area contributed by atoms with E-state index in [0.717, 1.165) is 19.3 Å². The third-order valence-corrected chi connectivity index (χ3v) is 4.56. The lowest BCUT2D eigenvalue weighted by Gasteiger charge is -2.26. The largest absolute Gasteiger partial charge is 0.481 e. The van der Waals surface area contributed by atoms with Crippen molar-refractivity contribution in [1.29, 1.82) is 0 Å². The Bertz CT molecular complexity index is 480. The number of carbonyl (C=O) groups excluding carboxylic acids is 1. The molecular formula is C15H16O3. The van der Waals surface area contributed by atoms with E-state index in [2.05, 4.69) is 0 Å². The normalized spacial score (nSPS) is 33.6. The van der Waals surface area contributed by atoms with Gasteiger partial charge in [0.15, 0.2) is 5.78 Å². The summed E-state index contributed by atoms with van der Waals surface area (Å²) in [5.41, 5.74) is 0.654. The average molecular weight is 244 g/mol. The Balaban J connectivity index is 1.91. The number of hydrogen-bond donors (Lipinski definition) is 1. The molecule has 3 rings (SSSR count). The molecule has 94 valence electrons. The summed E-state index contributed by atoms with van der Waals surface area (Å²) in [4.78, 5) is 23.9. The molecule has 2 aliphatic rings. The number of carboxylic acids is 1. The quantitative estimate of drug-likeness (QED) is 0.831. The van der Waals surface area contributed by atoms with E-state index in [-0.39, 0.29) is 23.5 Å². The van der Waals surface area contributed by atoms with Crippen LogP contribution >= 0.6 is 0 Å². The fraction of sp³-hybridized carbons (Fsp3) is 0.467. The average Bonchev–Trinajstić information content (AvgIpc) is 2.99. The lowest BCUT2D eigenvalue weighted by atomic mass is 9.75. The molecule has 0 aliphatic heterocycles. The molecule has 4 atom stereocenters. The molecule has 0 aromatic heterocycles. The van der Waals surface area contributed by atoms with Crippen molar-refractivity contribution < 1.29 is 14.7 Å². The molecule has 3 heteroatoms. The van der Waals surface area contributed by atoms with Gasteiger partial charge in [0.05, 0.1) is 5.92 Å². The Labute approximate surface area is 106 Å². The van der Waals surface area contributed by atoms with Gasteiger partial charge in [0.25, 0.3) is 0 Å². The highest BCUT2D eigenvalue weighted by Gasteiger charge is 2.53. The lowest BCUT2D eigenvalue weighted by Crippen LogP contribution is -2.34. The number of benzene rings is 1. The van der Waals surface area contributed by atoms with Gasteiger partial charge in [0, 0.05) is 11.5 Å². The molecule has 2 bridgehead atoms. The SMILES string of the molecule is O=C(O)[C@H]1[C@H]2CC[C@@H](C2)[C@@H]1C(=O)c1ccccc1. The highest BCUT2D eigenvalue weighted by atomic mass is 16.4. The Morgan fingerprint density at radius 2 is 1.61 bits per heavy atom. The zero-order valence-corrected chi connectivity index (χ0v) is 10.1. The van der Waals surface area contributed by atoms with Crippen molar-refractivity contribution in [2.75, 3.05) is 0 Å². The molecule has 1 N–H and O–H groups in total. The summed E-state index contributed by atoms with van der Waals surface area (Å²) in [6.07, 6.45) is 2.90. The molecule has 3 nitrogen and oxygen atoms in total. The van der Waals surface area contributed by atoms with Gasteiger partial charge >= 0.3 is 5.97 Å². The van der Waals surface area contributed by atoms with Crippen molar-refractivity contribution in [1.82, 2.24) is 0 Å². The van der Waals surface area contributed by atoms with Crippen LogP contribution in [0, 0.1) is 23.7 Å². The van der Waals surface area contributed by atoms with Crippen LogP contribution in [-0.4, -0.2) is 16.9 Å². The number of carbonyl (C=O) groups is 2. The summed E-state index contributed by atoms with van der Waals surface area (Å²) in [7, 11) is 0. The summed E-state index contributed by atoms with van der Waals surface area (Å²) >= 11 is 0. The van der Waals surface area contributed by atoms with E-state index in [1.54, 1.807) is 12.1 Å². The maximum Gasteiger partial charge on any atom is 0.307 e. The van der Waals surface area contributed by atoms with Crippen LogP contribution in [0.2, 0.25) is 0 Å². The number of fused-ring (bicyclic) bond motifs is 2. The molecule has 1 aromatic carbocycles. The zero-order chi connectivity index (χ0) is 12.7. The van der Waals surface area contributed by atoms with Gasteiger partial charge in [-0.15, -0.1) is 0 Å². The van der Waals surface area contributed by atoms with E-state index in [0.29, 0.717) is 5.56 Å². The molecule has 0 amide bonds. The number of ketones is 1. The topological polar surface area (TPSA) is 54.4 Å². The van der Waals surface area contributed by atoms with Crippen LogP contribution in [0.4, 0.5) is 0 Å². The van der Waals surface area contributed by atoms with E-state index in [1.165, 1.54) is 0 Å². The maximum absolute atomic E-state index is 12.5. The summed E-state index contributed by atoms with van der Waals surface area (Å²) in [6.45, 7) is 0. The van der Waals surface area contributed by atoms with Gasteiger partial charge in [-0.25, -0.2) is 0 Å². The Morgan fingerprint density at radius 3 is 2.22 bits per heavy atom. The predicted molar refractivity (Wildman–Crippen MR) is 66.2 cm³/mol. The van der Waals surface area contributed by atoms with Crippen molar-refractivity contribution in [3.8, 4) is 0 Å². The number of carboxylic acid groups (broad SMARTS) is 1. The van der Waals surface area contributed by atoms with Crippen LogP contribution in [0.3, 0.4) is 0 Å². The first kappa shape index (κ1) is 11.5. The number of aliphatic carboxylic acids is 1. The van der Waals surface area contributed by atoms with Crippen LogP contribution in [0.5, 0.6) is 0 Å². The van der Waals surface area contributed by atoms with Crippen LogP contribution in [-0.2, 0) is 4.79 Å². The van der Waals surface area contributed by atoms with Gasteiger partial charge in [0.2, 0.25) is 0 Å². The fourth-order valence-electron chi connectivity index (χ4n) is 3.82. The first-order valence-electron chi connectivity index (χ1n) is 6.50. The maximum atomic E-state index is 12.5. The van der Waals surface area contributed by atoms with Crippen LogP contribution in [0.15, 0.2) is 30.3 Å². The summed E-state index contributed by atoms with van der Waals surface area (Å²) in [5, 5.41) is 9.35. The molecule has 0 heterocycles. The fourth-order valence-corrected chi connectivity index (χ4v) is 3.82. The lowest BCUT2D eigenvalue weighted by molar-refractivity contribution is -0.144. The first-order valence-corrected chi connectivity index (χ1v) is 6.50. The molecule has 18 heavy (non-hydrogen) atoms. The van der Waals surface area contributed by atoms with Crippen LogP contribution in [0.1, 0.15) is 29.6 Å².